The Morgan fingerprint density at radius 1 is 1.59 bits per heavy atom. The summed E-state index contributed by atoms with van der Waals surface area (Å²) in [6.07, 6.45) is 4.39. The van der Waals surface area contributed by atoms with Crippen LogP contribution in [0.4, 0.5) is 4.39 Å². The third kappa shape index (κ3) is 2.94. The van der Waals surface area contributed by atoms with Crippen molar-refractivity contribution in [2.24, 2.45) is 5.92 Å². The second-order valence-electron chi connectivity index (χ2n) is 4.28. The minimum atomic E-state index is -0.479. The van der Waals surface area contributed by atoms with Crippen molar-refractivity contribution >= 4 is 17.5 Å². The molecule has 1 aliphatic heterocycles. The average Bonchev–Trinajstić information content (AvgIpc) is 2.77. The number of aromatic nitrogens is 1. The smallest absolute Gasteiger partial charge is 0.255 e. The van der Waals surface area contributed by atoms with Gasteiger partial charge >= 0.3 is 0 Å². The molecule has 92 valence electrons. The maximum Gasteiger partial charge on any atom is 0.255 e. The van der Waals surface area contributed by atoms with Gasteiger partial charge < -0.3 is 4.90 Å². The number of carbonyl (C=O) groups is 1. The number of hydrogen-bond acceptors (Lipinski definition) is 2. The number of amides is 1. The monoisotopic (exact) mass is 256 g/mol. The first-order valence-corrected chi connectivity index (χ1v) is 6.20. The highest BCUT2D eigenvalue weighted by atomic mass is 35.5. The molecular weight excluding hydrogens is 243 g/mol. The number of alkyl halides is 1. The summed E-state index contributed by atoms with van der Waals surface area (Å²) in [4.78, 5) is 17.5. The van der Waals surface area contributed by atoms with Gasteiger partial charge in [-0.3, -0.25) is 9.78 Å². The maximum atomic E-state index is 13.0. The Labute approximate surface area is 105 Å². The topological polar surface area (TPSA) is 33.2 Å². The first-order chi connectivity index (χ1) is 8.20. The van der Waals surface area contributed by atoms with Gasteiger partial charge in [-0.25, -0.2) is 4.39 Å². The van der Waals surface area contributed by atoms with E-state index >= 15 is 0 Å². The molecule has 0 spiro atoms. The fraction of sp³-hybridized carbons (Fsp3) is 0.500. The molecule has 0 N–H and O–H groups in total. The summed E-state index contributed by atoms with van der Waals surface area (Å²) in [5.41, 5.74) is 0.316. The number of rotatable bonds is 3. The van der Waals surface area contributed by atoms with E-state index in [2.05, 4.69) is 4.98 Å². The molecule has 17 heavy (non-hydrogen) atoms. The third-order valence-electron chi connectivity index (χ3n) is 3.04. The van der Waals surface area contributed by atoms with Crippen molar-refractivity contribution in [1.29, 1.82) is 0 Å². The van der Waals surface area contributed by atoms with Crippen LogP contribution in [0.2, 0.25) is 0 Å². The van der Waals surface area contributed by atoms with Gasteiger partial charge in [0.1, 0.15) is 5.82 Å². The van der Waals surface area contributed by atoms with Crippen molar-refractivity contribution in [1.82, 2.24) is 9.88 Å². The van der Waals surface area contributed by atoms with Crippen molar-refractivity contribution < 1.29 is 9.18 Å². The minimum absolute atomic E-state index is 0.144. The van der Waals surface area contributed by atoms with Crippen LogP contribution in [-0.2, 0) is 0 Å². The molecule has 1 aromatic rings. The number of nitrogens with zero attached hydrogens (tertiary/aromatic N) is 2. The SMILES string of the molecule is O=C(c1cncc(F)c1)N1CCC(CCCl)C1. The Morgan fingerprint density at radius 2 is 2.41 bits per heavy atom. The zero-order chi connectivity index (χ0) is 12.3. The Hall–Kier alpha value is -1.16. The normalized spacial score (nSPS) is 19.6. The van der Waals surface area contributed by atoms with Crippen molar-refractivity contribution in [2.45, 2.75) is 12.8 Å². The first kappa shape index (κ1) is 12.3. The van der Waals surface area contributed by atoms with E-state index < -0.39 is 5.82 Å². The molecule has 1 aliphatic rings. The van der Waals surface area contributed by atoms with Crippen LogP contribution in [-0.4, -0.2) is 34.8 Å². The van der Waals surface area contributed by atoms with Gasteiger partial charge in [0.15, 0.2) is 0 Å². The van der Waals surface area contributed by atoms with E-state index in [1.165, 1.54) is 12.3 Å². The van der Waals surface area contributed by atoms with E-state index in [0.717, 1.165) is 25.6 Å². The van der Waals surface area contributed by atoms with Gasteiger partial charge in [0.2, 0.25) is 0 Å². The number of hydrogen-bond donors (Lipinski definition) is 0. The van der Waals surface area contributed by atoms with E-state index in [1.807, 2.05) is 0 Å². The molecule has 5 heteroatoms. The average molecular weight is 257 g/mol. The van der Waals surface area contributed by atoms with Gasteiger partial charge in [0, 0.05) is 25.2 Å². The summed E-state index contributed by atoms with van der Waals surface area (Å²) >= 11 is 5.68. The molecule has 1 fully saturated rings. The standard InChI is InChI=1S/C12H14ClFN2O/c13-3-1-9-2-4-16(8-9)12(17)10-5-11(14)7-15-6-10/h5-7,9H,1-4,8H2. The molecule has 3 nitrogen and oxygen atoms in total. The number of pyridine rings is 1. The summed E-state index contributed by atoms with van der Waals surface area (Å²) in [7, 11) is 0. The third-order valence-corrected chi connectivity index (χ3v) is 3.26. The van der Waals surface area contributed by atoms with Crippen LogP contribution >= 0.6 is 11.6 Å². The van der Waals surface area contributed by atoms with E-state index in [-0.39, 0.29) is 5.91 Å². The molecule has 0 radical (unpaired) electrons. The van der Waals surface area contributed by atoms with Crippen LogP contribution < -0.4 is 0 Å². The van der Waals surface area contributed by atoms with Crippen molar-refractivity contribution in [3.05, 3.63) is 29.8 Å². The van der Waals surface area contributed by atoms with Crippen LogP contribution in [0.1, 0.15) is 23.2 Å². The van der Waals surface area contributed by atoms with E-state index in [4.69, 9.17) is 11.6 Å². The Balaban J connectivity index is 2.02. The number of halogens is 2. The van der Waals surface area contributed by atoms with Gasteiger partial charge in [0.25, 0.3) is 5.91 Å². The molecule has 0 saturated carbocycles. The fourth-order valence-corrected chi connectivity index (χ4v) is 2.43. The first-order valence-electron chi connectivity index (χ1n) is 5.66. The number of likely N-dealkylation sites (tertiary alicyclic amines) is 1. The Kier molecular flexibility index (Phi) is 3.94. The largest absolute Gasteiger partial charge is 0.338 e. The fourth-order valence-electron chi connectivity index (χ4n) is 2.12. The lowest BCUT2D eigenvalue weighted by Gasteiger charge is -2.16. The second kappa shape index (κ2) is 5.45. The highest BCUT2D eigenvalue weighted by Crippen LogP contribution is 2.21. The predicted molar refractivity (Wildman–Crippen MR) is 63.5 cm³/mol. The van der Waals surface area contributed by atoms with Crippen molar-refractivity contribution in [2.75, 3.05) is 19.0 Å². The highest BCUT2D eigenvalue weighted by molar-refractivity contribution is 6.17. The molecular formula is C12H14ClFN2O. The quantitative estimate of drug-likeness (QED) is 0.778. The molecule has 1 amide bonds. The zero-order valence-electron chi connectivity index (χ0n) is 9.40. The Morgan fingerprint density at radius 3 is 3.12 bits per heavy atom. The summed E-state index contributed by atoms with van der Waals surface area (Å²) < 4.78 is 13.0. The molecule has 1 saturated heterocycles. The molecule has 1 atom stereocenters. The van der Waals surface area contributed by atoms with E-state index in [9.17, 15) is 9.18 Å². The summed E-state index contributed by atoms with van der Waals surface area (Å²) in [5, 5.41) is 0. The summed E-state index contributed by atoms with van der Waals surface area (Å²) in [5.74, 6) is 0.466. The van der Waals surface area contributed by atoms with Crippen molar-refractivity contribution in [3.63, 3.8) is 0 Å². The van der Waals surface area contributed by atoms with Crippen LogP contribution in [0.15, 0.2) is 18.5 Å². The lowest BCUT2D eigenvalue weighted by atomic mass is 10.1. The van der Waals surface area contributed by atoms with Gasteiger partial charge in [-0.2, -0.15) is 0 Å². The zero-order valence-corrected chi connectivity index (χ0v) is 10.2. The molecule has 2 heterocycles. The van der Waals surface area contributed by atoms with Gasteiger partial charge in [-0.05, 0) is 24.8 Å². The van der Waals surface area contributed by atoms with Gasteiger partial charge in [0.05, 0.1) is 11.8 Å². The van der Waals surface area contributed by atoms with Gasteiger partial charge in [-0.15, -0.1) is 11.6 Å². The number of carbonyl (C=O) groups excluding carboxylic acids is 1. The molecule has 0 bridgehead atoms. The highest BCUT2D eigenvalue weighted by Gasteiger charge is 2.26. The maximum absolute atomic E-state index is 13.0. The summed E-state index contributed by atoms with van der Waals surface area (Å²) in [6, 6.07) is 1.23. The summed E-state index contributed by atoms with van der Waals surface area (Å²) in [6.45, 7) is 1.43. The van der Waals surface area contributed by atoms with Crippen LogP contribution in [0.25, 0.3) is 0 Å². The van der Waals surface area contributed by atoms with Crippen LogP contribution in [0.3, 0.4) is 0 Å². The Bertz CT molecular complexity index is 413. The lowest BCUT2D eigenvalue weighted by molar-refractivity contribution is 0.0786. The molecule has 0 aromatic carbocycles. The van der Waals surface area contributed by atoms with Gasteiger partial charge in [-0.1, -0.05) is 0 Å². The molecule has 1 unspecified atom stereocenters. The minimum Gasteiger partial charge on any atom is -0.338 e. The molecule has 0 aliphatic carbocycles. The molecule has 1 aromatic heterocycles. The van der Waals surface area contributed by atoms with Crippen molar-refractivity contribution in [3.8, 4) is 0 Å². The second-order valence-corrected chi connectivity index (χ2v) is 4.65. The molecule has 2 rings (SSSR count). The van der Waals surface area contributed by atoms with Crippen LogP contribution in [0, 0.1) is 11.7 Å². The van der Waals surface area contributed by atoms with E-state index in [0.29, 0.717) is 23.9 Å². The predicted octanol–water partition coefficient (Wildman–Crippen LogP) is 2.31. The van der Waals surface area contributed by atoms with E-state index in [1.54, 1.807) is 4.90 Å². The lowest BCUT2D eigenvalue weighted by Crippen LogP contribution is -2.28. The van der Waals surface area contributed by atoms with Crippen LogP contribution in [0.5, 0.6) is 0 Å².